The zero-order valence-corrected chi connectivity index (χ0v) is 14.7. The van der Waals surface area contributed by atoms with Crippen LogP contribution in [0.5, 0.6) is 0 Å². The molecule has 3 heteroatoms. The number of nitrogens with zero attached hydrogens (tertiary/aromatic N) is 1. The second-order valence-corrected chi connectivity index (χ2v) is 7.35. The van der Waals surface area contributed by atoms with E-state index in [1.807, 2.05) is 0 Å². The first kappa shape index (κ1) is 15.8. The van der Waals surface area contributed by atoms with Gasteiger partial charge in [-0.05, 0) is 71.8 Å². The van der Waals surface area contributed by atoms with Crippen molar-refractivity contribution >= 4 is 21.6 Å². The Morgan fingerprint density at radius 1 is 1.30 bits per heavy atom. The fraction of sp³-hybridized carbons (Fsp3) is 0.647. The molecular formula is C17H27BrN2. The van der Waals surface area contributed by atoms with Gasteiger partial charge in [0.05, 0.1) is 5.69 Å². The Hall–Kier alpha value is -0.540. The Bertz CT molecular complexity index is 441. The average Bonchev–Trinajstić information content (AvgIpc) is 3.21. The van der Waals surface area contributed by atoms with Gasteiger partial charge in [0, 0.05) is 24.1 Å². The molecule has 2 nitrogen and oxygen atoms in total. The molecule has 20 heavy (non-hydrogen) atoms. The van der Waals surface area contributed by atoms with Crippen LogP contribution in [-0.4, -0.2) is 19.6 Å². The first-order valence-corrected chi connectivity index (χ1v) is 8.50. The normalized spacial score (nSPS) is 16.5. The molecule has 0 radical (unpaired) electrons. The van der Waals surface area contributed by atoms with E-state index in [-0.39, 0.29) is 0 Å². The van der Waals surface area contributed by atoms with E-state index in [1.54, 1.807) is 0 Å². The highest BCUT2D eigenvalue weighted by molar-refractivity contribution is 9.10. The third-order valence-electron chi connectivity index (χ3n) is 4.19. The molecule has 1 aromatic rings. The number of anilines is 1. The van der Waals surface area contributed by atoms with Crippen LogP contribution < -0.4 is 10.2 Å². The number of hydrogen-bond acceptors (Lipinski definition) is 2. The number of halogens is 1. The van der Waals surface area contributed by atoms with Gasteiger partial charge in [-0.3, -0.25) is 0 Å². The van der Waals surface area contributed by atoms with E-state index in [0.717, 1.165) is 19.0 Å². The molecule has 1 N–H and O–H groups in total. The predicted molar refractivity (Wildman–Crippen MR) is 91.3 cm³/mol. The number of benzene rings is 1. The first-order valence-electron chi connectivity index (χ1n) is 7.71. The van der Waals surface area contributed by atoms with Gasteiger partial charge in [0.25, 0.3) is 0 Å². The topological polar surface area (TPSA) is 15.3 Å². The summed E-state index contributed by atoms with van der Waals surface area (Å²) in [4.78, 5) is 2.41. The molecule has 0 saturated heterocycles. The smallest absolute Gasteiger partial charge is 0.0510 e. The van der Waals surface area contributed by atoms with E-state index in [9.17, 15) is 0 Å². The highest BCUT2D eigenvalue weighted by Crippen LogP contribution is 2.38. The standard InChI is InChI=1S/C17H27BrN2/c1-12(2)10-19-11-14-5-8-17(16(18)9-14)20(4)13(3)15-6-7-15/h5,8-9,12-13,15,19H,6-7,10-11H2,1-4H3. The Labute approximate surface area is 132 Å². The molecule has 1 unspecified atom stereocenters. The number of rotatable bonds is 7. The van der Waals surface area contributed by atoms with Crippen LogP contribution in [0.15, 0.2) is 22.7 Å². The maximum atomic E-state index is 3.74. The zero-order valence-electron chi connectivity index (χ0n) is 13.1. The van der Waals surface area contributed by atoms with Crippen LogP contribution in [-0.2, 0) is 6.54 Å². The molecule has 2 rings (SSSR count). The van der Waals surface area contributed by atoms with Gasteiger partial charge in [-0.15, -0.1) is 0 Å². The molecule has 0 heterocycles. The molecule has 1 aromatic carbocycles. The van der Waals surface area contributed by atoms with Crippen LogP contribution in [0.25, 0.3) is 0 Å². The van der Waals surface area contributed by atoms with E-state index in [2.05, 4.69) is 72.2 Å². The molecule has 0 spiro atoms. The molecule has 0 aromatic heterocycles. The molecule has 1 aliphatic rings. The molecular weight excluding hydrogens is 312 g/mol. The molecule has 1 atom stereocenters. The summed E-state index contributed by atoms with van der Waals surface area (Å²) < 4.78 is 1.20. The van der Waals surface area contributed by atoms with Crippen molar-refractivity contribution in [2.24, 2.45) is 11.8 Å². The Kier molecular flexibility index (Phi) is 5.50. The first-order chi connectivity index (χ1) is 9.49. The summed E-state index contributed by atoms with van der Waals surface area (Å²) in [6.07, 6.45) is 2.78. The molecule has 0 aliphatic heterocycles. The minimum Gasteiger partial charge on any atom is -0.371 e. The maximum Gasteiger partial charge on any atom is 0.0510 e. The van der Waals surface area contributed by atoms with Crippen molar-refractivity contribution in [1.29, 1.82) is 0 Å². The lowest BCUT2D eigenvalue weighted by atomic mass is 10.1. The Morgan fingerprint density at radius 2 is 2.00 bits per heavy atom. The minimum absolute atomic E-state index is 0.635. The van der Waals surface area contributed by atoms with Gasteiger partial charge in [0.1, 0.15) is 0 Å². The number of hydrogen-bond donors (Lipinski definition) is 1. The van der Waals surface area contributed by atoms with Crippen molar-refractivity contribution in [3.05, 3.63) is 28.2 Å². The van der Waals surface area contributed by atoms with Gasteiger partial charge in [-0.2, -0.15) is 0 Å². The van der Waals surface area contributed by atoms with Gasteiger partial charge in [-0.25, -0.2) is 0 Å². The summed E-state index contributed by atoms with van der Waals surface area (Å²) >= 11 is 3.74. The van der Waals surface area contributed by atoms with Gasteiger partial charge < -0.3 is 10.2 Å². The van der Waals surface area contributed by atoms with Gasteiger partial charge in [-0.1, -0.05) is 19.9 Å². The van der Waals surface area contributed by atoms with E-state index >= 15 is 0 Å². The fourth-order valence-corrected chi connectivity index (χ4v) is 3.27. The zero-order chi connectivity index (χ0) is 14.7. The third kappa shape index (κ3) is 4.23. The molecule has 0 amide bonds. The SMILES string of the molecule is CC(C)CNCc1ccc(N(C)C(C)C2CC2)c(Br)c1. The quantitative estimate of drug-likeness (QED) is 0.791. The lowest BCUT2D eigenvalue weighted by molar-refractivity contribution is 0.552. The van der Waals surface area contributed by atoms with Gasteiger partial charge in [0.2, 0.25) is 0 Å². The molecule has 1 saturated carbocycles. The largest absolute Gasteiger partial charge is 0.371 e. The average molecular weight is 339 g/mol. The summed E-state index contributed by atoms with van der Waals surface area (Å²) in [5.41, 5.74) is 2.64. The van der Waals surface area contributed by atoms with E-state index in [1.165, 1.54) is 28.6 Å². The van der Waals surface area contributed by atoms with Crippen LogP contribution >= 0.6 is 15.9 Å². The van der Waals surface area contributed by atoms with Crippen molar-refractivity contribution in [2.75, 3.05) is 18.5 Å². The summed E-state index contributed by atoms with van der Waals surface area (Å²) in [5.74, 6) is 1.59. The van der Waals surface area contributed by atoms with Crippen LogP contribution in [0.2, 0.25) is 0 Å². The van der Waals surface area contributed by atoms with Crippen molar-refractivity contribution in [3.8, 4) is 0 Å². The second kappa shape index (κ2) is 6.95. The fourth-order valence-electron chi connectivity index (χ4n) is 2.57. The lowest BCUT2D eigenvalue weighted by Crippen LogP contribution is -2.30. The predicted octanol–water partition coefficient (Wildman–Crippen LogP) is 4.43. The molecule has 112 valence electrons. The van der Waals surface area contributed by atoms with Crippen LogP contribution in [0.1, 0.15) is 39.2 Å². The molecule has 1 fully saturated rings. The summed E-state index contributed by atoms with van der Waals surface area (Å²) in [6.45, 7) is 8.82. The van der Waals surface area contributed by atoms with Gasteiger partial charge in [0.15, 0.2) is 0 Å². The molecule has 1 aliphatic carbocycles. The van der Waals surface area contributed by atoms with Crippen molar-refractivity contribution in [3.63, 3.8) is 0 Å². The van der Waals surface area contributed by atoms with Crippen molar-refractivity contribution < 1.29 is 0 Å². The van der Waals surface area contributed by atoms with E-state index in [4.69, 9.17) is 0 Å². The number of nitrogens with one attached hydrogen (secondary N) is 1. The highest BCUT2D eigenvalue weighted by atomic mass is 79.9. The highest BCUT2D eigenvalue weighted by Gasteiger charge is 2.31. The molecule has 0 bridgehead atoms. The van der Waals surface area contributed by atoms with E-state index in [0.29, 0.717) is 12.0 Å². The summed E-state index contributed by atoms with van der Waals surface area (Å²) in [7, 11) is 2.21. The van der Waals surface area contributed by atoms with E-state index < -0.39 is 0 Å². The minimum atomic E-state index is 0.635. The third-order valence-corrected chi connectivity index (χ3v) is 4.82. The summed E-state index contributed by atoms with van der Waals surface area (Å²) in [6, 6.07) is 7.37. The summed E-state index contributed by atoms with van der Waals surface area (Å²) in [5, 5.41) is 3.49. The van der Waals surface area contributed by atoms with Gasteiger partial charge >= 0.3 is 0 Å². The van der Waals surface area contributed by atoms with Crippen LogP contribution in [0.4, 0.5) is 5.69 Å². The monoisotopic (exact) mass is 338 g/mol. The van der Waals surface area contributed by atoms with Crippen molar-refractivity contribution in [1.82, 2.24) is 5.32 Å². The Balaban J connectivity index is 1.97. The maximum absolute atomic E-state index is 3.74. The van der Waals surface area contributed by atoms with Crippen LogP contribution in [0.3, 0.4) is 0 Å². The second-order valence-electron chi connectivity index (χ2n) is 6.50. The van der Waals surface area contributed by atoms with Crippen LogP contribution in [0, 0.1) is 11.8 Å². The Morgan fingerprint density at radius 3 is 2.55 bits per heavy atom. The lowest BCUT2D eigenvalue weighted by Gasteiger charge is -2.28. The van der Waals surface area contributed by atoms with Crippen molar-refractivity contribution in [2.45, 2.75) is 46.2 Å².